The number of benzene rings is 2. The highest BCUT2D eigenvalue weighted by Gasteiger charge is 2.33. The number of nitrogens with zero attached hydrogens (tertiary/aromatic N) is 3. The molecule has 124 valence electrons. The summed E-state index contributed by atoms with van der Waals surface area (Å²) in [6.45, 7) is 6.96. The van der Waals surface area contributed by atoms with E-state index in [0.29, 0.717) is 6.61 Å². The van der Waals surface area contributed by atoms with Gasteiger partial charge in [0.05, 0.1) is 24.2 Å². The summed E-state index contributed by atoms with van der Waals surface area (Å²) in [7, 11) is 1.92. The van der Waals surface area contributed by atoms with Gasteiger partial charge in [0.1, 0.15) is 11.4 Å². The average Bonchev–Trinajstić information content (AvgIpc) is 2.84. The molecule has 2 aromatic carbocycles. The number of fused-ring (bicyclic) bond motifs is 1. The molecule has 0 radical (unpaired) electrons. The highest BCUT2D eigenvalue weighted by Crippen LogP contribution is 2.39. The van der Waals surface area contributed by atoms with Crippen LogP contribution in [0.4, 0.5) is 11.4 Å². The van der Waals surface area contributed by atoms with Gasteiger partial charge in [0.2, 0.25) is 0 Å². The van der Waals surface area contributed by atoms with Crippen molar-refractivity contribution < 1.29 is 4.74 Å². The monoisotopic (exact) mass is 321 g/mol. The van der Waals surface area contributed by atoms with Crippen LogP contribution in [-0.4, -0.2) is 25.6 Å². The van der Waals surface area contributed by atoms with Crippen molar-refractivity contribution in [1.29, 1.82) is 0 Å². The molecule has 2 aromatic rings. The van der Waals surface area contributed by atoms with Gasteiger partial charge in [0.15, 0.2) is 0 Å². The third-order valence-corrected chi connectivity index (χ3v) is 4.33. The van der Waals surface area contributed by atoms with Gasteiger partial charge >= 0.3 is 0 Å². The van der Waals surface area contributed by atoms with Crippen LogP contribution in [-0.2, 0) is 5.41 Å². The zero-order valence-corrected chi connectivity index (χ0v) is 14.7. The predicted octanol–water partition coefficient (Wildman–Crippen LogP) is 4.57. The zero-order valence-electron chi connectivity index (χ0n) is 14.7. The Balaban J connectivity index is 1.85. The van der Waals surface area contributed by atoms with E-state index in [1.807, 2.05) is 61.6 Å². The van der Waals surface area contributed by atoms with Crippen molar-refractivity contribution >= 4 is 23.3 Å². The molecule has 0 aliphatic carbocycles. The summed E-state index contributed by atoms with van der Waals surface area (Å²) in [5, 5.41) is 6.42. The van der Waals surface area contributed by atoms with Gasteiger partial charge in [-0.3, -0.25) is 10.0 Å². The Hall–Kier alpha value is -2.62. The molecular formula is C20H23N3O. The first-order chi connectivity index (χ1) is 11.5. The molecule has 0 amide bonds. The topological polar surface area (TPSA) is 37.2 Å². The molecule has 3 rings (SSSR count). The molecule has 0 N–H and O–H groups in total. The largest absolute Gasteiger partial charge is 0.492 e. The first-order valence-electron chi connectivity index (χ1n) is 8.22. The van der Waals surface area contributed by atoms with Gasteiger partial charge in [-0.05, 0) is 30.7 Å². The molecule has 0 spiro atoms. The number of ether oxygens (including phenoxy) is 1. The SMILES string of the molecule is CCOc1ccccc1N(C)N=CC1=Nc2ccccc2C1(C)C. The van der Waals surface area contributed by atoms with Gasteiger partial charge in [0.25, 0.3) is 0 Å². The van der Waals surface area contributed by atoms with Crippen LogP contribution in [0.5, 0.6) is 5.75 Å². The first-order valence-corrected chi connectivity index (χ1v) is 8.22. The van der Waals surface area contributed by atoms with E-state index in [1.165, 1.54) is 5.56 Å². The number of para-hydroxylation sites is 3. The van der Waals surface area contributed by atoms with E-state index in [-0.39, 0.29) is 5.41 Å². The molecule has 4 heteroatoms. The summed E-state index contributed by atoms with van der Waals surface area (Å²) in [4.78, 5) is 4.74. The predicted molar refractivity (Wildman–Crippen MR) is 101 cm³/mol. The minimum atomic E-state index is -0.139. The molecule has 1 heterocycles. The lowest BCUT2D eigenvalue weighted by Crippen LogP contribution is -2.27. The summed E-state index contributed by atoms with van der Waals surface area (Å²) >= 11 is 0. The lowest BCUT2D eigenvalue weighted by atomic mass is 9.82. The Kier molecular flexibility index (Phi) is 4.38. The van der Waals surface area contributed by atoms with Gasteiger partial charge in [-0.25, -0.2) is 0 Å². The molecule has 0 atom stereocenters. The summed E-state index contributed by atoms with van der Waals surface area (Å²) in [5.74, 6) is 0.829. The lowest BCUT2D eigenvalue weighted by molar-refractivity contribution is 0.341. The standard InChI is InChI=1S/C20H23N3O/c1-5-24-18-13-9-8-12-17(18)23(4)21-14-19-20(2,3)15-10-6-7-11-16(15)22-19/h6-14H,5H2,1-4H3. The van der Waals surface area contributed by atoms with Crippen LogP contribution in [0.1, 0.15) is 26.3 Å². The molecular weight excluding hydrogens is 298 g/mol. The minimum Gasteiger partial charge on any atom is -0.492 e. The molecule has 0 fully saturated rings. The number of hydrogen-bond donors (Lipinski definition) is 0. The molecule has 24 heavy (non-hydrogen) atoms. The first kappa shape index (κ1) is 16.2. The van der Waals surface area contributed by atoms with Gasteiger partial charge in [-0.15, -0.1) is 0 Å². The summed E-state index contributed by atoms with van der Waals surface area (Å²) in [6, 6.07) is 16.2. The van der Waals surface area contributed by atoms with E-state index in [2.05, 4.69) is 31.1 Å². The van der Waals surface area contributed by atoms with E-state index in [4.69, 9.17) is 9.73 Å². The van der Waals surface area contributed by atoms with Crippen LogP contribution in [0, 0.1) is 0 Å². The van der Waals surface area contributed by atoms with Crippen molar-refractivity contribution in [2.45, 2.75) is 26.2 Å². The lowest BCUT2D eigenvalue weighted by Gasteiger charge is -2.21. The third kappa shape index (κ3) is 2.92. The second-order valence-corrected chi connectivity index (χ2v) is 6.31. The van der Waals surface area contributed by atoms with Crippen molar-refractivity contribution in [3.63, 3.8) is 0 Å². The Morgan fingerprint density at radius 1 is 1.12 bits per heavy atom. The van der Waals surface area contributed by atoms with Gasteiger partial charge in [-0.1, -0.05) is 44.2 Å². The fraction of sp³-hybridized carbons (Fsp3) is 0.300. The number of hydrazone groups is 1. The smallest absolute Gasteiger partial charge is 0.144 e. The van der Waals surface area contributed by atoms with Crippen molar-refractivity contribution in [1.82, 2.24) is 0 Å². The maximum absolute atomic E-state index is 5.68. The second-order valence-electron chi connectivity index (χ2n) is 6.31. The highest BCUT2D eigenvalue weighted by molar-refractivity contribution is 6.36. The summed E-state index contributed by atoms with van der Waals surface area (Å²) < 4.78 is 5.68. The highest BCUT2D eigenvalue weighted by atomic mass is 16.5. The molecule has 0 saturated heterocycles. The van der Waals surface area contributed by atoms with Crippen molar-refractivity contribution in [2.24, 2.45) is 10.1 Å². The van der Waals surface area contributed by atoms with Gasteiger partial charge in [0, 0.05) is 12.5 Å². The van der Waals surface area contributed by atoms with Crippen LogP contribution in [0.3, 0.4) is 0 Å². The van der Waals surface area contributed by atoms with Crippen LogP contribution < -0.4 is 9.75 Å². The third-order valence-electron chi connectivity index (χ3n) is 4.33. The Labute approximate surface area is 143 Å². The minimum absolute atomic E-state index is 0.139. The normalized spacial score (nSPS) is 15.2. The summed E-state index contributed by atoms with van der Waals surface area (Å²) in [6.07, 6.45) is 1.85. The summed E-state index contributed by atoms with van der Waals surface area (Å²) in [5.41, 5.74) is 4.03. The van der Waals surface area contributed by atoms with Crippen molar-refractivity contribution in [3.8, 4) is 5.75 Å². The molecule has 0 saturated carbocycles. The maximum atomic E-state index is 5.68. The fourth-order valence-corrected chi connectivity index (χ4v) is 2.90. The molecule has 4 nitrogen and oxygen atoms in total. The van der Waals surface area contributed by atoms with E-state index in [1.54, 1.807) is 0 Å². The molecule has 1 aliphatic heterocycles. The Morgan fingerprint density at radius 3 is 2.58 bits per heavy atom. The van der Waals surface area contributed by atoms with E-state index >= 15 is 0 Å². The molecule has 0 aromatic heterocycles. The average molecular weight is 321 g/mol. The Morgan fingerprint density at radius 2 is 1.83 bits per heavy atom. The quantitative estimate of drug-likeness (QED) is 0.597. The second kappa shape index (κ2) is 6.48. The van der Waals surface area contributed by atoms with Crippen molar-refractivity contribution in [2.75, 3.05) is 18.7 Å². The van der Waals surface area contributed by atoms with Gasteiger partial charge in [-0.2, -0.15) is 5.10 Å². The van der Waals surface area contributed by atoms with E-state index in [9.17, 15) is 0 Å². The Bertz CT molecular complexity index is 793. The van der Waals surface area contributed by atoms with E-state index < -0.39 is 0 Å². The van der Waals surface area contributed by atoms with Crippen LogP contribution in [0.25, 0.3) is 0 Å². The number of aliphatic imine (C=N–C) groups is 1. The van der Waals surface area contributed by atoms with Crippen LogP contribution in [0.2, 0.25) is 0 Å². The van der Waals surface area contributed by atoms with Crippen LogP contribution >= 0.6 is 0 Å². The number of anilines is 1. The number of rotatable bonds is 5. The van der Waals surface area contributed by atoms with E-state index in [0.717, 1.165) is 22.8 Å². The number of hydrogen-bond acceptors (Lipinski definition) is 4. The van der Waals surface area contributed by atoms with Gasteiger partial charge < -0.3 is 4.74 Å². The van der Waals surface area contributed by atoms with Crippen LogP contribution in [0.15, 0.2) is 58.6 Å². The zero-order chi connectivity index (χ0) is 17.2. The van der Waals surface area contributed by atoms with Crippen molar-refractivity contribution in [3.05, 3.63) is 54.1 Å². The molecule has 1 aliphatic rings. The maximum Gasteiger partial charge on any atom is 0.144 e. The fourth-order valence-electron chi connectivity index (χ4n) is 2.90. The molecule has 0 unspecified atom stereocenters. The molecule has 0 bridgehead atoms.